The molecule has 0 aromatic heterocycles. The standard InChI is InChI=1S/C5H7NO3/c1-4(2-3-7)9-5(6)8/h2-3H,1H3,(H2,6,8). The quantitative estimate of drug-likeness (QED) is 0.328. The fraction of sp³-hybridized carbons (Fsp3) is 0.200. The third kappa shape index (κ3) is 4.53. The molecule has 0 unspecified atom stereocenters. The first-order valence-electron chi connectivity index (χ1n) is 2.26. The van der Waals surface area contributed by atoms with E-state index in [0.29, 0.717) is 6.29 Å². The van der Waals surface area contributed by atoms with E-state index in [2.05, 4.69) is 10.5 Å². The van der Waals surface area contributed by atoms with Crippen LogP contribution in [0.1, 0.15) is 6.92 Å². The number of hydrogen-bond donors (Lipinski definition) is 1. The Hall–Kier alpha value is -1.32. The van der Waals surface area contributed by atoms with Crippen LogP contribution in [0.25, 0.3) is 0 Å². The number of hydrogen-bond acceptors (Lipinski definition) is 3. The van der Waals surface area contributed by atoms with Crippen molar-refractivity contribution in [2.24, 2.45) is 5.73 Å². The fourth-order valence-corrected chi connectivity index (χ4v) is 0.289. The molecule has 0 spiro atoms. The summed E-state index contributed by atoms with van der Waals surface area (Å²) in [4.78, 5) is 19.6. The van der Waals surface area contributed by atoms with E-state index in [-0.39, 0.29) is 5.76 Å². The Labute approximate surface area is 52.3 Å². The molecule has 0 aromatic carbocycles. The molecule has 50 valence electrons. The van der Waals surface area contributed by atoms with E-state index in [4.69, 9.17) is 0 Å². The van der Waals surface area contributed by atoms with Crippen LogP contribution in [0, 0.1) is 0 Å². The van der Waals surface area contributed by atoms with Crippen molar-refractivity contribution >= 4 is 12.4 Å². The summed E-state index contributed by atoms with van der Waals surface area (Å²) >= 11 is 0. The van der Waals surface area contributed by atoms with Crippen molar-refractivity contribution in [1.82, 2.24) is 0 Å². The van der Waals surface area contributed by atoms with Gasteiger partial charge in [-0.3, -0.25) is 4.79 Å². The molecule has 0 aliphatic carbocycles. The monoisotopic (exact) mass is 129 g/mol. The van der Waals surface area contributed by atoms with Crippen molar-refractivity contribution in [3.8, 4) is 0 Å². The summed E-state index contributed by atoms with van der Waals surface area (Å²) in [7, 11) is 0. The van der Waals surface area contributed by atoms with E-state index >= 15 is 0 Å². The topological polar surface area (TPSA) is 69.4 Å². The van der Waals surface area contributed by atoms with Gasteiger partial charge < -0.3 is 10.5 Å². The Balaban J connectivity index is 3.75. The number of nitrogens with two attached hydrogens (primary N) is 1. The normalized spacial score (nSPS) is 10.6. The molecule has 0 aliphatic rings. The first-order valence-corrected chi connectivity index (χ1v) is 2.26. The van der Waals surface area contributed by atoms with Gasteiger partial charge in [0.2, 0.25) is 0 Å². The summed E-state index contributed by atoms with van der Waals surface area (Å²) in [5.74, 6) is 0.192. The zero-order chi connectivity index (χ0) is 7.28. The summed E-state index contributed by atoms with van der Waals surface area (Å²) in [6.07, 6.45) is 0.703. The van der Waals surface area contributed by atoms with Gasteiger partial charge in [-0.1, -0.05) is 0 Å². The minimum absolute atomic E-state index is 0.192. The first kappa shape index (κ1) is 7.68. The fourth-order valence-electron chi connectivity index (χ4n) is 0.289. The van der Waals surface area contributed by atoms with E-state index in [0.717, 1.165) is 6.08 Å². The van der Waals surface area contributed by atoms with E-state index in [1.165, 1.54) is 6.92 Å². The molecule has 0 saturated carbocycles. The molecule has 9 heavy (non-hydrogen) atoms. The van der Waals surface area contributed by atoms with Crippen LogP contribution in [0.15, 0.2) is 11.8 Å². The Morgan fingerprint density at radius 1 is 1.67 bits per heavy atom. The molecule has 0 fully saturated rings. The maximum Gasteiger partial charge on any atom is 0.409 e. The predicted molar refractivity (Wildman–Crippen MR) is 30.5 cm³/mol. The summed E-state index contributed by atoms with van der Waals surface area (Å²) in [5, 5.41) is 0. The van der Waals surface area contributed by atoms with Gasteiger partial charge in [0.1, 0.15) is 12.0 Å². The Morgan fingerprint density at radius 3 is 2.56 bits per heavy atom. The third-order valence-electron chi connectivity index (χ3n) is 0.564. The average molecular weight is 129 g/mol. The van der Waals surface area contributed by atoms with E-state index in [1.807, 2.05) is 0 Å². The molecule has 2 N–H and O–H groups in total. The molecule has 0 heterocycles. The predicted octanol–water partition coefficient (Wildman–Crippen LogP) is 0.184. The van der Waals surface area contributed by atoms with Crippen LogP contribution in [-0.4, -0.2) is 12.4 Å². The van der Waals surface area contributed by atoms with Gasteiger partial charge in [0.25, 0.3) is 0 Å². The maximum atomic E-state index is 9.93. The smallest absolute Gasteiger partial charge is 0.409 e. The molecule has 0 radical (unpaired) electrons. The van der Waals surface area contributed by atoms with Crippen molar-refractivity contribution < 1.29 is 14.3 Å². The summed E-state index contributed by atoms with van der Waals surface area (Å²) in [5.41, 5.74) is 4.61. The maximum absolute atomic E-state index is 9.93. The highest BCUT2D eigenvalue weighted by molar-refractivity contribution is 5.69. The number of carbonyl (C=O) groups is 2. The van der Waals surface area contributed by atoms with Gasteiger partial charge in [-0.05, 0) is 6.92 Å². The molecule has 4 heteroatoms. The molecule has 0 saturated heterocycles. The second-order valence-corrected chi connectivity index (χ2v) is 1.33. The van der Waals surface area contributed by atoms with E-state index < -0.39 is 6.09 Å². The lowest BCUT2D eigenvalue weighted by atomic mass is 10.5. The summed E-state index contributed by atoms with van der Waals surface area (Å²) in [6, 6.07) is 0. The van der Waals surface area contributed by atoms with Crippen LogP contribution < -0.4 is 5.73 Å². The van der Waals surface area contributed by atoms with E-state index in [9.17, 15) is 9.59 Å². The SMILES string of the molecule is CC(=CC=O)OC(N)=O. The molecule has 0 aliphatic heterocycles. The van der Waals surface area contributed by atoms with Crippen molar-refractivity contribution in [3.63, 3.8) is 0 Å². The lowest BCUT2D eigenvalue weighted by Gasteiger charge is -1.95. The van der Waals surface area contributed by atoms with Gasteiger partial charge in [0.15, 0.2) is 0 Å². The molecular weight excluding hydrogens is 122 g/mol. The van der Waals surface area contributed by atoms with Crippen LogP contribution in [-0.2, 0) is 9.53 Å². The zero-order valence-electron chi connectivity index (χ0n) is 4.96. The van der Waals surface area contributed by atoms with Crippen LogP contribution in [0.3, 0.4) is 0 Å². The van der Waals surface area contributed by atoms with Gasteiger partial charge in [-0.2, -0.15) is 0 Å². The zero-order valence-corrected chi connectivity index (χ0v) is 4.96. The highest BCUT2D eigenvalue weighted by atomic mass is 16.5. The minimum Gasteiger partial charge on any atom is -0.415 e. The van der Waals surface area contributed by atoms with Crippen molar-refractivity contribution in [2.75, 3.05) is 0 Å². The molecule has 0 rings (SSSR count). The van der Waals surface area contributed by atoms with Crippen molar-refractivity contribution in [3.05, 3.63) is 11.8 Å². The number of allylic oxidation sites excluding steroid dienone is 2. The largest absolute Gasteiger partial charge is 0.415 e. The first-order chi connectivity index (χ1) is 4.16. The second-order valence-electron chi connectivity index (χ2n) is 1.33. The molecule has 0 aromatic rings. The highest BCUT2D eigenvalue weighted by Gasteiger charge is 1.92. The summed E-state index contributed by atoms with van der Waals surface area (Å²) in [6.45, 7) is 1.46. The minimum atomic E-state index is -0.911. The summed E-state index contributed by atoms with van der Waals surface area (Å²) < 4.78 is 4.26. The molecule has 0 bridgehead atoms. The second kappa shape index (κ2) is 3.65. The van der Waals surface area contributed by atoms with Crippen molar-refractivity contribution in [2.45, 2.75) is 6.92 Å². The lowest BCUT2D eigenvalue weighted by molar-refractivity contribution is -0.104. The Bertz CT molecular complexity index is 150. The number of amides is 1. The van der Waals surface area contributed by atoms with Crippen LogP contribution in [0.2, 0.25) is 0 Å². The van der Waals surface area contributed by atoms with Crippen LogP contribution >= 0.6 is 0 Å². The molecule has 0 atom stereocenters. The van der Waals surface area contributed by atoms with Crippen LogP contribution in [0.4, 0.5) is 4.79 Å². The van der Waals surface area contributed by atoms with Crippen molar-refractivity contribution in [1.29, 1.82) is 0 Å². The van der Waals surface area contributed by atoms with Gasteiger partial charge in [0.05, 0.1) is 0 Å². The van der Waals surface area contributed by atoms with E-state index in [1.54, 1.807) is 0 Å². The average Bonchev–Trinajstić information content (AvgIpc) is 1.63. The number of rotatable bonds is 2. The highest BCUT2D eigenvalue weighted by Crippen LogP contribution is 1.91. The lowest BCUT2D eigenvalue weighted by Crippen LogP contribution is -2.11. The van der Waals surface area contributed by atoms with Gasteiger partial charge in [-0.15, -0.1) is 0 Å². The van der Waals surface area contributed by atoms with Crippen LogP contribution in [0.5, 0.6) is 0 Å². The number of aldehydes is 1. The number of ether oxygens (including phenoxy) is 1. The number of carbonyl (C=O) groups excluding carboxylic acids is 2. The molecule has 4 nitrogen and oxygen atoms in total. The molecular formula is C5H7NO3. The van der Waals surface area contributed by atoms with Gasteiger partial charge >= 0.3 is 6.09 Å². The number of primary amides is 1. The Kier molecular flexibility index (Phi) is 3.12. The molecule has 1 amide bonds. The third-order valence-corrected chi connectivity index (χ3v) is 0.564. The van der Waals surface area contributed by atoms with Gasteiger partial charge in [0, 0.05) is 6.08 Å². The Morgan fingerprint density at radius 2 is 2.22 bits per heavy atom. The van der Waals surface area contributed by atoms with Gasteiger partial charge in [-0.25, -0.2) is 4.79 Å².